The van der Waals surface area contributed by atoms with Crippen LogP contribution in [0.3, 0.4) is 0 Å². The Morgan fingerprint density at radius 3 is 2.29 bits per heavy atom. The van der Waals surface area contributed by atoms with Gasteiger partial charge in [0.1, 0.15) is 5.65 Å². The molecule has 1 aliphatic heterocycles. The molecule has 0 unspecified atom stereocenters. The molecule has 2 aromatic carbocycles. The van der Waals surface area contributed by atoms with Gasteiger partial charge in [-0.3, -0.25) is 23.5 Å². The number of nitrogens with one attached hydrogen (secondary N) is 2. The van der Waals surface area contributed by atoms with Gasteiger partial charge in [-0.2, -0.15) is 0 Å². The quantitative estimate of drug-likeness (QED) is 0.462. The third kappa shape index (κ3) is 3.99. The molecular formula is C24H19N5O6. The van der Waals surface area contributed by atoms with Gasteiger partial charge in [0, 0.05) is 37.2 Å². The summed E-state index contributed by atoms with van der Waals surface area (Å²) < 4.78 is 12.8. The molecule has 176 valence electrons. The van der Waals surface area contributed by atoms with Crippen molar-refractivity contribution in [1.29, 1.82) is 0 Å². The summed E-state index contributed by atoms with van der Waals surface area (Å²) in [5.41, 5.74) is 0.552. The van der Waals surface area contributed by atoms with Crippen molar-refractivity contribution in [2.45, 2.75) is 0 Å². The highest BCUT2D eigenvalue weighted by atomic mass is 16.7. The van der Waals surface area contributed by atoms with Gasteiger partial charge in [0.05, 0.1) is 10.9 Å². The van der Waals surface area contributed by atoms with E-state index in [1.807, 2.05) is 0 Å². The fourth-order valence-corrected chi connectivity index (χ4v) is 3.71. The second-order valence-electron chi connectivity index (χ2n) is 7.86. The molecule has 0 fully saturated rings. The Hall–Kier alpha value is -4.93. The van der Waals surface area contributed by atoms with Crippen molar-refractivity contribution in [3.63, 3.8) is 0 Å². The van der Waals surface area contributed by atoms with Gasteiger partial charge in [0.25, 0.3) is 17.4 Å². The van der Waals surface area contributed by atoms with Crippen LogP contribution in [0, 0.1) is 0 Å². The largest absolute Gasteiger partial charge is 0.454 e. The molecule has 0 atom stereocenters. The minimum absolute atomic E-state index is 0.113. The van der Waals surface area contributed by atoms with Gasteiger partial charge >= 0.3 is 5.69 Å². The summed E-state index contributed by atoms with van der Waals surface area (Å²) in [6, 6.07) is 12.9. The molecule has 11 heteroatoms. The molecule has 0 bridgehead atoms. The van der Waals surface area contributed by atoms with E-state index >= 15 is 0 Å². The second-order valence-corrected chi connectivity index (χ2v) is 7.86. The van der Waals surface area contributed by atoms with E-state index in [1.54, 1.807) is 42.5 Å². The number of carbonyl (C=O) groups excluding carboxylic acids is 2. The van der Waals surface area contributed by atoms with E-state index in [0.717, 1.165) is 4.57 Å². The Kier molecular flexibility index (Phi) is 5.28. The Balaban J connectivity index is 1.35. The van der Waals surface area contributed by atoms with Crippen LogP contribution in [0.5, 0.6) is 11.5 Å². The van der Waals surface area contributed by atoms with Gasteiger partial charge < -0.3 is 20.1 Å². The van der Waals surface area contributed by atoms with Crippen molar-refractivity contribution in [2.75, 3.05) is 17.4 Å². The average Bonchev–Trinajstić information content (AvgIpc) is 3.34. The Labute approximate surface area is 197 Å². The lowest BCUT2D eigenvalue weighted by molar-refractivity contribution is 0.101. The summed E-state index contributed by atoms with van der Waals surface area (Å²) in [7, 11) is 2.86. The van der Waals surface area contributed by atoms with Crippen LogP contribution < -0.4 is 31.4 Å². The minimum atomic E-state index is -0.543. The summed E-state index contributed by atoms with van der Waals surface area (Å²) in [5.74, 6) is 0.216. The maximum atomic E-state index is 12.8. The van der Waals surface area contributed by atoms with E-state index in [4.69, 9.17) is 9.47 Å². The summed E-state index contributed by atoms with van der Waals surface area (Å²) in [4.78, 5) is 54.2. The maximum absolute atomic E-state index is 12.8. The molecule has 2 aromatic heterocycles. The molecule has 5 rings (SSSR count). The smallest absolute Gasteiger partial charge is 0.332 e. The zero-order valence-electron chi connectivity index (χ0n) is 18.7. The van der Waals surface area contributed by atoms with Crippen LogP contribution in [0.4, 0.5) is 11.4 Å². The number of anilines is 2. The molecule has 35 heavy (non-hydrogen) atoms. The molecule has 0 saturated carbocycles. The average molecular weight is 473 g/mol. The number of nitrogens with zero attached hydrogens (tertiary/aromatic N) is 3. The number of rotatable bonds is 4. The highest BCUT2D eigenvalue weighted by Gasteiger charge is 2.17. The van der Waals surface area contributed by atoms with Gasteiger partial charge in [-0.25, -0.2) is 9.78 Å². The van der Waals surface area contributed by atoms with Crippen molar-refractivity contribution in [1.82, 2.24) is 14.1 Å². The first kappa shape index (κ1) is 21.9. The molecule has 11 nitrogen and oxygen atoms in total. The third-order valence-electron chi connectivity index (χ3n) is 5.57. The van der Waals surface area contributed by atoms with Crippen LogP contribution in [-0.2, 0) is 14.1 Å². The van der Waals surface area contributed by atoms with Crippen LogP contribution in [0.25, 0.3) is 11.0 Å². The predicted octanol–water partition coefficient (Wildman–Crippen LogP) is 1.87. The summed E-state index contributed by atoms with van der Waals surface area (Å²) >= 11 is 0. The number of carbonyl (C=O) groups is 2. The number of hydrogen-bond acceptors (Lipinski definition) is 7. The second kappa shape index (κ2) is 8.45. The summed E-state index contributed by atoms with van der Waals surface area (Å²) in [6.07, 6.45) is 1.29. The zero-order valence-corrected chi connectivity index (χ0v) is 18.7. The van der Waals surface area contributed by atoms with Crippen LogP contribution in [-0.4, -0.2) is 32.7 Å². The Morgan fingerprint density at radius 1 is 0.857 bits per heavy atom. The van der Waals surface area contributed by atoms with Crippen LogP contribution in [0.1, 0.15) is 20.7 Å². The molecule has 3 heterocycles. The molecule has 1 aliphatic rings. The van der Waals surface area contributed by atoms with Gasteiger partial charge in [0.2, 0.25) is 6.79 Å². The summed E-state index contributed by atoms with van der Waals surface area (Å²) in [5, 5.41) is 5.65. The van der Waals surface area contributed by atoms with Crippen molar-refractivity contribution in [3.05, 3.63) is 86.7 Å². The fourth-order valence-electron chi connectivity index (χ4n) is 3.71. The summed E-state index contributed by atoms with van der Waals surface area (Å²) in [6.45, 7) is 0.113. The number of hydrogen-bond donors (Lipinski definition) is 2. The minimum Gasteiger partial charge on any atom is -0.454 e. The molecule has 2 amide bonds. The topological polar surface area (TPSA) is 134 Å². The predicted molar refractivity (Wildman–Crippen MR) is 127 cm³/mol. The highest BCUT2D eigenvalue weighted by molar-refractivity contribution is 6.07. The number of ether oxygens (including phenoxy) is 2. The maximum Gasteiger partial charge on any atom is 0.332 e. The first-order chi connectivity index (χ1) is 16.8. The molecule has 0 radical (unpaired) electrons. The lowest BCUT2D eigenvalue weighted by Crippen LogP contribution is -2.37. The number of benzene rings is 2. The van der Waals surface area contributed by atoms with Crippen molar-refractivity contribution >= 4 is 34.2 Å². The fraction of sp³-hybridized carbons (Fsp3) is 0.125. The van der Waals surface area contributed by atoms with Gasteiger partial charge in [0.15, 0.2) is 11.5 Å². The Morgan fingerprint density at radius 2 is 1.54 bits per heavy atom. The normalized spacial score (nSPS) is 11.9. The van der Waals surface area contributed by atoms with Gasteiger partial charge in [-0.05, 0) is 42.5 Å². The van der Waals surface area contributed by atoms with Crippen LogP contribution >= 0.6 is 0 Å². The van der Waals surface area contributed by atoms with E-state index in [-0.39, 0.29) is 29.3 Å². The van der Waals surface area contributed by atoms with E-state index in [9.17, 15) is 19.2 Å². The molecule has 0 saturated heterocycles. The van der Waals surface area contributed by atoms with Crippen LogP contribution in [0.2, 0.25) is 0 Å². The Bertz CT molecular complexity index is 1640. The number of fused-ring (bicyclic) bond motifs is 2. The first-order valence-electron chi connectivity index (χ1n) is 10.5. The molecule has 4 aromatic rings. The number of amides is 2. The third-order valence-corrected chi connectivity index (χ3v) is 5.57. The van der Waals surface area contributed by atoms with Crippen molar-refractivity contribution in [2.24, 2.45) is 14.1 Å². The standard InChI is InChI=1S/C24H19N5O6/c1-28-20-17(23(32)29(2)24(28)33)8-14(11-25-20)22(31)27-16-5-3-4-15(10-16)26-21(30)13-6-7-18-19(9-13)35-12-34-18/h3-11H,12H2,1-2H3,(H,26,30)(H,27,31). The van der Waals surface area contributed by atoms with E-state index in [0.29, 0.717) is 28.4 Å². The lowest BCUT2D eigenvalue weighted by Gasteiger charge is -2.10. The first-order valence-corrected chi connectivity index (χ1v) is 10.5. The zero-order chi connectivity index (χ0) is 24.7. The molecule has 2 N–H and O–H groups in total. The van der Waals surface area contributed by atoms with E-state index < -0.39 is 17.2 Å². The van der Waals surface area contributed by atoms with Crippen molar-refractivity contribution < 1.29 is 19.1 Å². The monoisotopic (exact) mass is 473 g/mol. The number of aromatic nitrogens is 3. The lowest BCUT2D eigenvalue weighted by atomic mass is 10.1. The van der Waals surface area contributed by atoms with Gasteiger partial charge in [-0.15, -0.1) is 0 Å². The molecule has 0 spiro atoms. The van der Waals surface area contributed by atoms with Crippen molar-refractivity contribution in [3.8, 4) is 11.5 Å². The SMILES string of the molecule is Cn1c(=O)c2cc(C(=O)Nc3cccc(NC(=O)c4ccc5c(c4)OCO5)c3)cnc2n(C)c1=O. The number of aryl methyl sites for hydroxylation is 1. The molecule has 0 aliphatic carbocycles. The van der Waals surface area contributed by atoms with Crippen LogP contribution in [0.15, 0.2) is 64.3 Å². The van der Waals surface area contributed by atoms with E-state index in [2.05, 4.69) is 15.6 Å². The molecular weight excluding hydrogens is 454 g/mol. The number of pyridine rings is 1. The highest BCUT2D eigenvalue weighted by Crippen LogP contribution is 2.32. The van der Waals surface area contributed by atoms with E-state index in [1.165, 1.54) is 30.9 Å². The van der Waals surface area contributed by atoms with Gasteiger partial charge in [-0.1, -0.05) is 6.07 Å².